The fraction of sp³-hybridized carbons (Fsp3) is 0.900. The Hall–Kier alpha value is -0.990. The van der Waals surface area contributed by atoms with Crippen molar-refractivity contribution < 1.29 is 41.0 Å². The van der Waals surface area contributed by atoms with Crippen molar-refractivity contribution in [3.63, 3.8) is 0 Å². The third-order valence-electron chi connectivity index (χ3n) is 2.52. The zero-order chi connectivity index (χ0) is 15.9. The van der Waals surface area contributed by atoms with Crippen LogP contribution in [0.25, 0.3) is 0 Å². The second-order valence-electron chi connectivity index (χ2n) is 4.79. The lowest BCUT2D eigenvalue weighted by Gasteiger charge is -2.43. The lowest BCUT2D eigenvalue weighted by molar-refractivity contribution is -0.407. The fourth-order valence-corrected chi connectivity index (χ4v) is 1.29. The van der Waals surface area contributed by atoms with Crippen LogP contribution in [0.15, 0.2) is 0 Å². The second kappa shape index (κ2) is 4.84. The molecule has 1 N–H and O–H groups in total. The third kappa shape index (κ3) is 3.13. The maximum absolute atomic E-state index is 12.6. The zero-order valence-corrected chi connectivity index (χ0v) is 10.6. The van der Waals surface area contributed by atoms with E-state index in [1.165, 1.54) is 13.8 Å². The minimum atomic E-state index is -6.05. The smallest absolute Gasteiger partial charge is 0.430 e. The van der Waals surface area contributed by atoms with Crippen LogP contribution in [0.5, 0.6) is 0 Å². The van der Waals surface area contributed by atoms with Gasteiger partial charge < -0.3 is 9.84 Å². The van der Waals surface area contributed by atoms with Gasteiger partial charge in [-0.05, 0) is 13.8 Å². The number of carbonyl (C=O) groups is 1. The summed E-state index contributed by atoms with van der Waals surface area (Å²) < 4.78 is 79.7. The molecule has 3 nitrogen and oxygen atoms in total. The maximum atomic E-state index is 12.6. The highest BCUT2D eigenvalue weighted by Gasteiger charge is 2.78. The summed E-state index contributed by atoms with van der Waals surface area (Å²) in [5, 5.41) is 9.12. The molecule has 0 bridgehead atoms. The van der Waals surface area contributed by atoms with E-state index in [1.54, 1.807) is 0 Å². The number of alkyl halides is 6. The second-order valence-corrected chi connectivity index (χ2v) is 4.79. The Bertz CT molecular complexity index is 328. The molecule has 0 aliphatic rings. The number of rotatable bonds is 3. The van der Waals surface area contributed by atoms with Crippen molar-refractivity contribution in [3.8, 4) is 0 Å². The number of carbonyl (C=O) groups excluding carboxylic acids is 1. The number of esters is 1. The van der Waals surface area contributed by atoms with Gasteiger partial charge in [-0.1, -0.05) is 13.8 Å². The molecular weight excluding hydrogens is 282 g/mol. The molecule has 0 rings (SSSR count). The van der Waals surface area contributed by atoms with E-state index < -0.39 is 35.4 Å². The van der Waals surface area contributed by atoms with E-state index in [0.717, 1.165) is 0 Å². The summed E-state index contributed by atoms with van der Waals surface area (Å²) in [6, 6.07) is 0. The van der Waals surface area contributed by atoms with E-state index in [-0.39, 0.29) is 0 Å². The molecule has 0 amide bonds. The van der Waals surface area contributed by atoms with Gasteiger partial charge in [0.1, 0.15) is 0 Å². The van der Waals surface area contributed by atoms with Crippen LogP contribution >= 0.6 is 0 Å². The highest BCUT2D eigenvalue weighted by atomic mass is 19.4. The van der Waals surface area contributed by atoms with Gasteiger partial charge in [-0.15, -0.1) is 0 Å². The fourth-order valence-electron chi connectivity index (χ4n) is 1.29. The van der Waals surface area contributed by atoms with Crippen LogP contribution in [0.2, 0.25) is 0 Å². The molecule has 0 heterocycles. The molecule has 0 radical (unpaired) electrons. The number of hydrogen-bond acceptors (Lipinski definition) is 3. The van der Waals surface area contributed by atoms with Crippen molar-refractivity contribution in [2.24, 2.45) is 5.92 Å². The predicted octanol–water partition coefficient (Wildman–Crippen LogP) is 2.82. The highest BCUT2D eigenvalue weighted by Crippen LogP contribution is 2.50. The molecule has 0 saturated heterocycles. The number of hydrogen-bond donors (Lipinski definition) is 1. The minimum Gasteiger partial charge on any atom is -0.456 e. The number of ether oxygens (including phenoxy) is 1. The first-order valence-corrected chi connectivity index (χ1v) is 5.16. The third-order valence-corrected chi connectivity index (χ3v) is 2.52. The average Bonchev–Trinajstić information content (AvgIpc) is 2.11. The lowest BCUT2D eigenvalue weighted by atomic mass is 9.84. The molecule has 0 aromatic heterocycles. The first kappa shape index (κ1) is 18.0. The average molecular weight is 296 g/mol. The Morgan fingerprint density at radius 3 is 1.53 bits per heavy atom. The van der Waals surface area contributed by atoms with Crippen molar-refractivity contribution in [2.45, 2.75) is 51.2 Å². The van der Waals surface area contributed by atoms with E-state index >= 15 is 0 Å². The Morgan fingerprint density at radius 1 is 1.00 bits per heavy atom. The van der Waals surface area contributed by atoms with E-state index in [2.05, 4.69) is 4.74 Å². The molecule has 0 aromatic carbocycles. The van der Waals surface area contributed by atoms with Crippen LogP contribution in [-0.2, 0) is 9.53 Å². The van der Waals surface area contributed by atoms with Gasteiger partial charge >= 0.3 is 18.3 Å². The minimum absolute atomic E-state index is 0.355. The van der Waals surface area contributed by atoms with E-state index in [9.17, 15) is 31.1 Å². The van der Waals surface area contributed by atoms with Crippen LogP contribution in [0.3, 0.4) is 0 Å². The summed E-state index contributed by atoms with van der Waals surface area (Å²) in [5.41, 5.74) is -8.37. The molecule has 19 heavy (non-hydrogen) atoms. The molecule has 114 valence electrons. The standard InChI is InChI=1S/C10H14F6O3/c1-5(2)6(17)19-7(3,4)8(18,9(11,12)13)10(14,15)16/h5,18H,1-4H3. The van der Waals surface area contributed by atoms with Crippen molar-refractivity contribution in [2.75, 3.05) is 0 Å². The topological polar surface area (TPSA) is 46.5 Å². The maximum Gasteiger partial charge on any atom is 0.430 e. The van der Waals surface area contributed by atoms with Gasteiger partial charge in [0, 0.05) is 0 Å². The highest BCUT2D eigenvalue weighted by molar-refractivity contribution is 5.72. The molecule has 0 aromatic rings. The van der Waals surface area contributed by atoms with E-state index in [1.807, 2.05) is 0 Å². The summed E-state index contributed by atoms with van der Waals surface area (Å²) in [7, 11) is 0. The van der Waals surface area contributed by atoms with E-state index in [0.29, 0.717) is 13.8 Å². The zero-order valence-electron chi connectivity index (χ0n) is 10.6. The Balaban J connectivity index is 5.71. The van der Waals surface area contributed by atoms with Gasteiger partial charge in [0.2, 0.25) is 0 Å². The molecule has 0 saturated carbocycles. The van der Waals surface area contributed by atoms with Crippen molar-refractivity contribution in [3.05, 3.63) is 0 Å². The van der Waals surface area contributed by atoms with Gasteiger partial charge in [-0.25, -0.2) is 0 Å². The summed E-state index contributed by atoms with van der Waals surface area (Å²) in [5.74, 6) is -2.22. The van der Waals surface area contributed by atoms with Crippen LogP contribution in [0, 0.1) is 5.92 Å². The molecule has 0 aliphatic heterocycles. The molecule has 9 heteroatoms. The largest absolute Gasteiger partial charge is 0.456 e. The summed E-state index contributed by atoms with van der Waals surface area (Å²) in [4.78, 5) is 11.2. The quantitative estimate of drug-likeness (QED) is 0.643. The van der Waals surface area contributed by atoms with Crippen LogP contribution in [-0.4, -0.2) is 34.6 Å². The van der Waals surface area contributed by atoms with Crippen LogP contribution < -0.4 is 0 Å². The molecule has 0 spiro atoms. The molecule has 0 fully saturated rings. The summed E-state index contributed by atoms with van der Waals surface area (Å²) in [6.07, 6.45) is -12.1. The SMILES string of the molecule is CC(C)C(=O)OC(C)(C)C(O)(C(F)(F)F)C(F)(F)F. The monoisotopic (exact) mass is 296 g/mol. The van der Waals surface area contributed by atoms with Gasteiger partial charge in [-0.3, -0.25) is 4.79 Å². The van der Waals surface area contributed by atoms with Gasteiger partial charge in [0.15, 0.2) is 5.60 Å². The molecule has 0 aliphatic carbocycles. The van der Waals surface area contributed by atoms with Gasteiger partial charge in [0.05, 0.1) is 5.92 Å². The first-order chi connectivity index (χ1) is 8.08. The van der Waals surface area contributed by atoms with Crippen molar-refractivity contribution in [1.29, 1.82) is 0 Å². The molecule has 0 unspecified atom stereocenters. The van der Waals surface area contributed by atoms with Gasteiger partial charge in [-0.2, -0.15) is 26.3 Å². The summed E-state index contributed by atoms with van der Waals surface area (Å²) >= 11 is 0. The Kier molecular flexibility index (Phi) is 4.59. The summed E-state index contributed by atoms with van der Waals surface area (Å²) in [6.45, 7) is 3.18. The number of aliphatic hydroxyl groups is 1. The Labute approximate surface area is 105 Å². The van der Waals surface area contributed by atoms with Crippen LogP contribution in [0.1, 0.15) is 27.7 Å². The first-order valence-electron chi connectivity index (χ1n) is 5.16. The number of halogens is 6. The van der Waals surface area contributed by atoms with Crippen molar-refractivity contribution in [1.82, 2.24) is 0 Å². The van der Waals surface area contributed by atoms with E-state index in [4.69, 9.17) is 5.11 Å². The molecular formula is C10H14F6O3. The Morgan fingerprint density at radius 2 is 1.32 bits per heavy atom. The van der Waals surface area contributed by atoms with Crippen molar-refractivity contribution >= 4 is 5.97 Å². The lowest BCUT2D eigenvalue weighted by Crippen LogP contribution is -2.70. The molecule has 0 atom stereocenters. The van der Waals surface area contributed by atoms with Crippen LogP contribution in [0.4, 0.5) is 26.3 Å². The van der Waals surface area contributed by atoms with Gasteiger partial charge in [0.25, 0.3) is 5.60 Å². The predicted molar refractivity (Wildman–Crippen MR) is 52.1 cm³/mol. The normalized spacial score (nSPS) is 14.7.